The number of benzene rings is 2. The molecule has 0 spiro atoms. The Bertz CT molecular complexity index is 1050. The Labute approximate surface area is 168 Å². The fraction of sp³-hybridized carbons (Fsp3) is 0.190. The van der Waals surface area contributed by atoms with Crippen LogP contribution < -0.4 is 15.0 Å². The zero-order valence-electron chi connectivity index (χ0n) is 15.6. The maximum absolute atomic E-state index is 12.8. The van der Waals surface area contributed by atoms with E-state index in [1.165, 1.54) is 19.0 Å². The van der Waals surface area contributed by atoms with Crippen LogP contribution in [-0.2, 0) is 6.42 Å². The number of fused-ring (bicyclic) bond motifs is 1. The van der Waals surface area contributed by atoms with Gasteiger partial charge in [-0.1, -0.05) is 29.8 Å². The van der Waals surface area contributed by atoms with Crippen molar-refractivity contribution in [2.75, 3.05) is 23.9 Å². The monoisotopic (exact) mass is 394 g/mol. The molecule has 7 heteroatoms. The van der Waals surface area contributed by atoms with Crippen LogP contribution in [0.15, 0.2) is 48.8 Å². The summed E-state index contributed by atoms with van der Waals surface area (Å²) in [5.41, 5.74) is 4.05. The van der Waals surface area contributed by atoms with Gasteiger partial charge in [0.25, 0.3) is 5.91 Å². The first kappa shape index (κ1) is 18.3. The molecule has 6 nitrogen and oxygen atoms in total. The number of hydrogen-bond acceptors (Lipinski definition) is 5. The molecule has 0 saturated heterocycles. The molecule has 2 aromatic carbocycles. The maximum atomic E-state index is 12.8. The molecule has 0 unspecified atom stereocenters. The molecule has 142 valence electrons. The van der Waals surface area contributed by atoms with E-state index in [1.807, 2.05) is 19.1 Å². The highest BCUT2D eigenvalue weighted by Gasteiger charge is 2.22. The van der Waals surface area contributed by atoms with Crippen LogP contribution in [0.2, 0.25) is 5.02 Å². The molecular formula is C21H19ClN4O2. The number of aryl methyl sites for hydroxylation is 1. The molecule has 0 bridgehead atoms. The number of anilines is 3. The van der Waals surface area contributed by atoms with Gasteiger partial charge in [0.2, 0.25) is 0 Å². The first-order chi connectivity index (χ1) is 13.6. The molecule has 1 aliphatic heterocycles. The van der Waals surface area contributed by atoms with E-state index in [-0.39, 0.29) is 11.6 Å². The molecule has 3 aromatic rings. The van der Waals surface area contributed by atoms with Gasteiger partial charge < -0.3 is 15.0 Å². The SMILES string of the molecule is COc1cc(Cl)c(C)cc1NC(=O)c1cc(N2CCc3ccccc32)ncn1. The predicted molar refractivity (Wildman–Crippen MR) is 110 cm³/mol. The molecule has 1 aliphatic rings. The zero-order valence-corrected chi connectivity index (χ0v) is 16.3. The van der Waals surface area contributed by atoms with Gasteiger partial charge in [0.1, 0.15) is 23.6 Å². The summed E-state index contributed by atoms with van der Waals surface area (Å²) in [6, 6.07) is 13.4. The first-order valence-corrected chi connectivity index (χ1v) is 9.27. The summed E-state index contributed by atoms with van der Waals surface area (Å²) >= 11 is 6.13. The van der Waals surface area contributed by atoms with Crippen molar-refractivity contribution in [1.82, 2.24) is 9.97 Å². The lowest BCUT2D eigenvalue weighted by molar-refractivity contribution is 0.102. The van der Waals surface area contributed by atoms with Crippen molar-refractivity contribution >= 4 is 34.7 Å². The van der Waals surface area contributed by atoms with Crippen LogP contribution in [0.4, 0.5) is 17.2 Å². The highest BCUT2D eigenvalue weighted by Crippen LogP contribution is 2.34. The van der Waals surface area contributed by atoms with Crippen molar-refractivity contribution in [3.63, 3.8) is 0 Å². The largest absolute Gasteiger partial charge is 0.495 e. The predicted octanol–water partition coefficient (Wildman–Crippen LogP) is 4.39. The van der Waals surface area contributed by atoms with Gasteiger partial charge in [0.05, 0.1) is 12.8 Å². The summed E-state index contributed by atoms with van der Waals surface area (Å²) in [4.78, 5) is 23.4. The first-order valence-electron chi connectivity index (χ1n) is 8.90. The number of ether oxygens (including phenoxy) is 1. The van der Waals surface area contributed by atoms with E-state index in [0.29, 0.717) is 22.3 Å². The number of methoxy groups -OCH3 is 1. The van der Waals surface area contributed by atoms with Crippen LogP contribution in [-0.4, -0.2) is 29.5 Å². The molecule has 0 radical (unpaired) electrons. The third-order valence-corrected chi connectivity index (χ3v) is 5.19. The van der Waals surface area contributed by atoms with Crippen molar-refractivity contribution in [3.8, 4) is 5.75 Å². The number of nitrogens with zero attached hydrogens (tertiary/aromatic N) is 3. The molecule has 1 N–H and O–H groups in total. The molecule has 4 rings (SSSR count). The van der Waals surface area contributed by atoms with Gasteiger partial charge >= 0.3 is 0 Å². The second-order valence-electron chi connectivity index (χ2n) is 6.55. The van der Waals surface area contributed by atoms with Crippen LogP contribution in [0.5, 0.6) is 5.75 Å². The van der Waals surface area contributed by atoms with E-state index in [2.05, 4.69) is 32.3 Å². The van der Waals surface area contributed by atoms with Gasteiger partial charge in [0.15, 0.2) is 0 Å². The Morgan fingerprint density at radius 1 is 1.21 bits per heavy atom. The number of carbonyl (C=O) groups is 1. The minimum Gasteiger partial charge on any atom is -0.495 e. The number of halogens is 1. The summed E-state index contributed by atoms with van der Waals surface area (Å²) in [6.45, 7) is 2.69. The van der Waals surface area contributed by atoms with Crippen molar-refractivity contribution < 1.29 is 9.53 Å². The van der Waals surface area contributed by atoms with E-state index >= 15 is 0 Å². The lowest BCUT2D eigenvalue weighted by Crippen LogP contribution is -2.18. The van der Waals surface area contributed by atoms with Crippen LogP contribution in [0, 0.1) is 6.92 Å². The van der Waals surface area contributed by atoms with Crippen LogP contribution in [0.1, 0.15) is 21.6 Å². The van der Waals surface area contributed by atoms with Gasteiger partial charge in [-0.2, -0.15) is 0 Å². The van der Waals surface area contributed by atoms with Gasteiger partial charge in [-0.25, -0.2) is 9.97 Å². The number of nitrogens with one attached hydrogen (secondary N) is 1. The van der Waals surface area contributed by atoms with Crippen molar-refractivity contribution in [2.45, 2.75) is 13.3 Å². The smallest absolute Gasteiger partial charge is 0.274 e. The molecule has 0 atom stereocenters. The lowest BCUT2D eigenvalue weighted by Gasteiger charge is -2.18. The summed E-state index contributed by atoms with van der Waals surface area (Å²) in [7, 11) is 1.53. The highest BCUT2D eigenvalue weighted by molar-refractivity contribution is 6.31. The van der Waals surface area contributed by atoms with E-state index < -0.39 is 0 Å². The number of hydrogen-bond donors (Lipinski definition) is 1. The summed E-state index contributed by atoms with van der Waals surface area (Å²) < 4.78 is 5.32. The van der Waals surface area contributed by atoms with Crippen LogP contribution in [0.3, 0.4) is 0 Å². The standard InChI is InChI=1S/C21H19ClN4O2/c1-13-9-16(19(28-2)10-15(13)22)25-21(27)17-11-20(24-12-23-17)26-8-7-14-5-3-4-6-18(14)26/h3-6,9-12H,7-8H2,1-2H3,(H,25,27). The lowest BCUT2D eigenvalue weighted by atomic mass is 10.2. The fourth-order valence-corrected chi connectivity index (χ4v) is 3.46. The number of amides is 1. The number of carbonyl (C=O) groups excluding carboxylic acids is 1. The van der Waals surface area contributed by atoms with Gasteiger partial charge in [-0.3, -0.25) is 4.79 Å². The van der Waals surface area contributed by atoms with Crippen molar-refractivity contribution in [3.05, 3.63) is 70.6 Å². The molecule has 0 saturated carbocycles. The Balaban J connectivity index is 1.60. The topological polar surface area (TPSA) is 67.3 Å². The summed E-state index contributed by atoms with van der Waals surface area (Å²) in [5.74, 6) is 0.854. The number of para-hydroxylation sites is 1. The Morgan fingerprint density at radius 2 is 2.04 bits per heavy atom. The molecule has 0 aliphatic carbocycles. The zero-order chi connectivity index (χ0) is 19.7. The third kappa shape index (κ3) is 3.39. The minimum atomic E-state index is -0.337. The van der Waals surface area contributed by atoms with Gasteiger partial charge in [0, 0.05) is 29.4 Å². The van der Waals surface area contributed by atoms with Gasteiger partial charge in [-0.05, 0) is 36.6 Å². The highest BCUT2D eigenvalue weighted by atomic mass is 35.5. The average molecular weight is 395 g/mol. The second kappa shape index (κ2) is 7.48. The Morgan fingerprint density at radius 3 is 2.86 bits per heavy atom. The molecule has 1 aromatic heterocycles. The van der Waals surface area contributed by atoms with E-state index in [4.69, 9.17) is 16.3 Å². The third-order valence-electron chi connectivity index (χ3n) is 4.78. The molecule has 28 heavy (non-hydrogen) atoms. The van der Waals surface area contributed by atoms with Crippen LogP contribution >= 0.6 is 11.6 Å². The minimum absolute atomic E-state index is 0.282. The van der Waals surface area contributed by atoms with E-state index in [9.17, 15) is 4.79 Å². The maximum Gasteiger partial charge on any atom is 0.274 e. The quantitative estimate of drug-likeness (QED) is 0.710. The number of aromatic nitrogens is 2. The second-order valence-corrected chi connectivity index (χ2v) is 6.95. The van der Waals surface area contributed by atoms with Crippen molar-refractivity contribution in [1.29, 1.82) is 0 Å². The molecule has 2 heterocycles. The molecule has 0 fully saturated rings. The van der Waals surface area contributed by atoms with E-state index in [1.54, 1.807) is 18.2 Å². The fourth-order valence-electron chi connectivity index (χ4n) is 3.31. The normalized spacial score (nSPS) is 12.6. The summed E-state index contributed by atoms with van der Waals surface area (Å²) in [5, 5.41) is 3.43. The van der Waals surface area contributed by atoms with E-state index in [0.717, 1.165) is 24.2 Å². The Hall–Kier alpha value is -3.12. The average Bonchev–Trinajstić information content (AvgIpc) is 3.15. The molecular weight excluding hydrogens is 376 g/mol. The van der Waals surface area contributed by atoms with Crippen molar-refractivity contribution in [2.24, 2.45) is 0 Å². The Kier molecular flexibility index (Phi) is 4.88. The molecule has 1 amide bonds. The number of rotatable bonds is 4. The summed E-state index contributed by atoms with van der Waals surface area (Å²) in [6.07, 6.45) is 2.36. The van der Waals surface area contributed by atoms with Crippen LogP contribution in [0.25, 0.3) is 0 Å². The van der Waals surface area contributed by atoms with Gasteiger partial charge in [-0.15, -0.1) is 0 Å².